The molecule has 2 heterocycles. The molecule has 0 aromatic rings. The van der Waals surface area contributed by atoms with E-state index in [-0.39, 0.29) is 51.6 Å². The number of aliphatic hydroxyl groups is 4. The summed E-state index contributed by atoms with van der Waals surface area (Å²) in [6, 6.07) is -3.16. The Hall–Kier alpha value is -3.39. The van der Waals surface area contributed by atoms with Crippen LogP contribution in [0.2, 0.25) is 0 Å². The van der Waals surface area contributed by atoms with Gasteiger partial charge in [-0.05, 0) is 32.1 Å². The largest absolute Gasteiger partial charge is 0.470 e. The number of phosphoric ester groups is 1. The lowest BCUT2D eigenvalue weighted by Gasteiger charge is -2.47. The van der Waals surface area contributed by atoms with Gasteiger partial charge in [-0.15, -0.1) is 0 Å². The van der Waals surface area contributed by atoms with Crippen molar-refractivity contribution in [3.63, 3.8) is 0 Å². The van der Waals surface area contributed by atoms with Crippen LogP contribution in [-0.4, -0.2) is 171 Å². The molecule has 2 amide bonds. The summed E-state index contributed by atoms with van der Waals surface area (Å²) in [5.74, 6) is -4.90. The number of amides is 2. The minimum absolute atomic E-state index is 0.00588. The summed E-state index contributed by atoms with van der Waals surface area (Å²) in [7, 11) is -5.50. The maximum atomic E-state index is 13.8. The van der Waals surface area contributed by atoms with Gasteiger partial charge in [-0.1, -0.05) is 48.5 Å². The zero-order valence-corrected chi connectivity index (χ0v) is 39.5. The van der Waals surface area contributed by atoms with E-state index in [1.54, 1.807) is 41.5 Å². The molecule has 4 unspecified atom stereocenters. The lowest BCUT2D eigenvalue weighted by molar-refractivity contribution is -0.304. The van der Waals surface area contributed by atoms with Crippen molar-refractivity contribution in [2.75, 3.05) is 19.8 Å². The average Bonchev–Trinajstić information content (AvgIpc) is 3.26. The van der Waals surface area contributed by atoms with Crippen molar-refractivity contribution in [2.45, 2.75) is 205 Å². The van der Waals surface area contributed by atoms with Gasteiger partial charge in [0.1, 0.15) is 48.7 Å². The highest BCUT2D eigenvalue weighted by atomic mass is 31.2. The summed E-state index contributed by atoms with van der Waals surface area (Å²) in [4.78, 5) is 97.6. The molecule has 24 nitrogen and oxygen atoms in total. The zero-order chi connectivity index (χ0) is 49.7. The number of carbonyl (C=O) groups is 6. The molecule has 0 aromatic carbocycles. The fourth-order valence-corrected chi connectivity index (χ4v) is 7.31. The van der Waals surface area contributed by atoms with Crippen LogP contribution in [0, 0.1) is 0 Å². The number of hydrogen-bond acceptors (Lipinski definition) is 20. The topological polar surface area (TPSA) is 348 Å². The zero-order valence-electron chi connectivity index (χ0n) is 38.6. The SMILES string of the molecule is CCCO[C@H]1OC(CO[C@@H]2OC(CO)[C@@H](OP(=O)(O)O)C(OC(=O)C[C@@H](CC)OC(=O)CC)[C@@H]2NC(=O)C[C@@H](CC)OC(=O)CC)[C@@H](O)[C@H](OC(=O)C[C@H](O)CC)C1NC(=O)C[C@H](O)CC. The number of carbonyl (C=O) groups excluding carboxylic acids is 6. The third-order valence-corrected chi connectivity index (χ3v) is 11.0. The van der Waals surface area contributed by atoms with Crippen LogP contribution in [0.1, 0.15) is 119 Å². The molecule has 14 atom stereocenters. The van der Waals surface area contributed by atoms with E-state index in [1.807, 2.05) is 0 Å². The van der Waals surface area contributed by atoms with Gasteiger partial charge in [0, 0.05) is 19.4 Å². The summed E-state index contributed by atoms with van der Waals surface area (Å²) in [5.41, 5.74) is 0. The molecule has 25 heteroatoms. The smallest absolute Gasteiger partial charge is 0.462 e. The first-order chi connectivity index (χ1) is 31.2. The van der Waals surface area contributed by atoms with Crippen LogP contribution >= 0.6 is 7.82 Å². The Morgan fingerprint density at radius 3 is 1.62 bits per heavy atom. The van der Waals surface area contributed by atoms with Gasteiger partial charge in [0.05, 0.1) is 51.1 Å². The molecule has 0 saturated carbocycles. The van der Waals surface area contributed by atoms with E-state index in [0.29, 0.717) is 6.42 Å². The first-order valence-corrected chi connectivity index (χ1v) is 24.0. The molecule has 2 saturated heterocycles. The molecule has 2 aliphatic heterocycles. The van der Waals surface area contributed by atoms with E-state index in [4.69, 9.17) is 42.4 Å². The van der Waals surface area contributed by atoms with Gasteiger partial charge in [0.2, 0.25) is 11.8 Å². The van der Waals surface area contributed by atoms with E-state index in [0.717, 1.165) is 0 Å². The first kappa shape index (κ1) is 58.7. The predicted molar refractivity (Wildman–Crippen MR) is 225 cm³/mol. The normalized spacial score (nSPS) is 27.3. The van der Waals surface area contributed by atoms with Crippen molar-refractivity contribution < 1.29 is 106 Å². The van der Waals surface area contributed by atoms with Gasteiger partial charge in [-0.25, -0.2) is 4.57 Å². The highest BCUT2D eigenvalue weighted by Crippen LogP contribution is 2.42. The van der Waals surface area contributed by atoms with Crippen LogP contribution in [0.5, 0.6) is 0 Å². The quantitative estimate of drug-likeness (QED) is 0.0279. The number of rotatable bonds is 29. The number of hydrogen-bond donors (Lipinski definition) is 8. The van der Waals surface area contributed by atoms with E-state index in [9.17, 15) is 63.5 Å². The number of phosphoric acid groups is 1. The Labute approximate surface area is 384 Å². The second-order valence-electron chi connectivity index (χ2n) is 15.8. The first-order valence-electron chi connectivity index (χ1n) is 22.5. The molecule has 2 rings (SSSR count). The van der Waals surface area contributed by atoms with E-state index >= 15 is 0 Å². The molecule has 66 heavy (non-hydrogen) atoms. The van der Waals surface area contributed by atoms with Crippen molar-refractivity contribution in [2.24, 2.45) is 0 Å². The average molecular weight is 975 g/mol. The summed E-state index contributed by atoms with van der Waals surface area (Å²) in [5, 5.41) is 47.8. The van der Waals surface area contributed by atoms with Crippen LogP contribution in [0.15, 0.2) is 0 Å². The molecule has 8 N–H and O–H groups in total. The van der Waals surface area contributed by atoms with Crippen LogP contribution in [0.25, 0.3) is 0 Å². The Bertz CT molecular complexity index is 1580. The molecule has 0 radical (unpaired) electrons. The molecular weight excluding hydrogens is 903 g/mol. The van der Waals surface area contributed by atoms with Crippen LogP contribution in [-0.2, 0) is 75.8 Å². The van der Waals surface area contributed by atoms with Crippen LogP contribution in [0.3, 0.4) is 0 Å². The molecule has 0 aromatic heterocycles. The lowest BCUT2D eigenvalue weighted by atomic mass is 9.95. The van der Waals surface area contributed by atoms with Crippen molar-refractivity contribution in [3.8, 4) is 0 Å². The monoisotopic (exact) mass is 974 g/mol. The Morgan fingerprint density at radius 2 is 1.11 bits per heavy atom. The maximum Gasteiger partial charge on any atom is 0.470 e. The van der Waals surface area contributed by atoms with E-state index < -0.39 is 162 Å². The summed E-state index contributed by atoms with van der Waals surface area (Å²) >= 11 is 0. The maximum absolute atomic E-state index is 13.8. The second-order valence-corrected chi connectivity index (χ2v) is 17.0. The Kier molecular flexibility index (Phi) is 26.2. The fourth-order valence-electron chi connectivity index (χ4n) is 6.74. The third-order valence-electron chi connectivity index (χ3n) is 10.5. The van der Waals surface area contributed by atoms with Crippen LogP contribution < -0.4 is 10.6 Å². The van der Waals surface area contributed by atoms with Gasteiger partial charge in [0.15, 0.2) is 24.8 Å². The Balaban J connectivity index is 2.68. The second kappa shape index (κ2) is 29.5. The molecule has 0 spiro atoms. The highest BCUT2D eigenvalue weighted by molar-refractivity contribution is 7.46. The molecular formula is C41H71N2O22P. The van der Waals surface area contributed by atoms with Gasteiger partial charge < -0.3 is 78.7 Å². The highest BCUT2D eigenvalue weighted by Gasteiger charge is 2.54. The van der Waals surface area contributed by atoms with Gasteiger partial charge in [0.25, 0.3) is 0 Å². The predicted octanol–water partition coefficient (Wildman–Crippen LogP) is 0.0695. The number of esters is 4. The molecule has 2 aliphatic rings. The van der Waals surface area contributed by atoms with Gasteiger partial charge in [-0.3, -0.25) is 33.3 Å². The van der Waals surface area contributed by atoms with Crippen molar-refractivity contribution in [1.82, 2.24) is 10.6 Å². The third kappa shape index (κ3) is 19.7. The van der Waals surface area contributed by atoms with Gasteiger partial charge in [-0.2, -0.15) is 0 Å². The fraction of sp³-hybridized carbons (Fsp3) is 0.854. The number of aliphatic hydroxyl groups excluding tert-OH is 4. The van der Waals surface area contributed by atoms with Crippen molar-refractivity contribution in [3.05, 3.63) is 0 Å². The standard InChI is InChI=1S/C41H71N2O22P/c1-8-15-57-40-34(42-28(47)16-22(45)9-2)38(63-32(51)17-23(46)10-3)36(53)27(62-40)21-58-41-35(43-29(48)18-24(11-4)59-30(49)13-6)39(37(26(20-44)61-41)65-66(54,55)56)64-33(52)19-25(12-5)60-31(50)14-7/h22-27,34-41,44-46,53H,8-21H2,1-7H3,(H,42,47)(H,43,48)(H2,54,55,56)/t22-,23-,24-,25-,26?,27?,34?,35+,36-,37-,38-,39?,40+,41-/m1/s1. The van der Waals surface area contributed by atoms with Crippen molar-refractivity contribution in [1.29, 1.82) is 0 Å². The molecule has 382 valence electrons. The molecule has 2 fully saturated rings. The minimum Gasteiger partial charge on any atom is -0.462 e. The lowest BCUT2D eigenvalue weighted by Crippen LogP contribution is -2.68. The molecule has 0 aliphatic carbocycles. The van der Waals surface area contributed by atoms with E-state index in [1.165, 1.54) is 6.92 Å². The number of ether oxygens (including phenoxy) is 8. The molecule has 0 bridgehead atoms. The summed E-state index contributed by atoms with van der Waals surface area (Å²) in [6.45, 7) is 9.62. The summed E-state index contributed by atoms with van der Waals surface area (Å²) < 4.78 is 63.4. The summed E-state index contributed by atoms with van der Waals surface area (Å²) in [6.07, 6.45) is -19.0. The van der Waals surface area contributed by atoms with Gasteiger partial charge >= 0.3 is 31.7 Å². The van der Waals surface area contributed by atoms with E-state index in [2.05, 4.69) is 10.6 Å². The minimum atomic E-state index is -5.50. The number of nitrogens with one attached hydrogen (secondary N) is 2. The van der Waals surface area contributed by atoms with Crippen molar-refractivity contribution >= 4 is 43.5 Å². The van der Waals surface area contributed by atoms with Crippen LogP contribution in [0.4, 0.5) is 0 Å². The Morgan fingerprint density at radius 1 is 0.621 bits per heavy atom.